The topological polar surface area (TPSA) is 56.8 Å². The smallest absolute Gasteiger partial charge is 0.258 e. The highest BCUT2D eigenvalue weighted by Crippen LogP contribution is 2.29. The molecule has 0 radical (unpaired) electrons. The van der Waals surface area contributed by atoms with Gasteiger partial charge >= 0.3 is 0 Å². The summed E-state index contributed by atoms with van der Waals surface area (Å²) in [5.74, 6) is 0.713. The maximum Gasteiger partial charge on any atom is 0.258 e. The van der Waals surface area contributed by atoms with Crippen LogP contribution in [0.3, 0.4) is 0 Å². The van der Waals surface area contributed by atoms with E-state index in [1.54, 1.807) is 32.4 Å². The third-order valence-corrected chi connectivity index (χ3v) is 3.83. The lowest BCUT2D eigenvalue weighted by molar-refractivity contribution is -0.123. The van der Waals surface area contributed by atoms with E-state index < -0.39 is 5.82 Å². The number of halogens is 2. The normalized spacial score (nSPS) is 11.6. The van der Waals surface area contributed by atoms with E-state index in [1.807, 2.05) is 6.92 Å². The number of methoxy groups -OCH3 is 2. The molecule has 7 heteroatoms. The molecule has 0 bridgehead atoms. The van der Waals surface area contributed by atoms with Gasteiger partial charge < -0.3 is 19.5 Å². The summed E-state index contributed by atoms with van der Waals surface area (Å²) in [5.41, 5.74) is 0.773. The third kappa shape index (κ3) is 5.00. The van der Waals surface area contributed by atoms with Crippen molar-refractivity contribution in [1.82, 2.24) is 5.32 Å². The Morgan fingerprint density at radius 2 is 1.88 bits per heavy atom. The quantitative estimate of drug-likeness (QED) is 0.809. The van der Waals surface area contributed by atoms with Gasteiger partial charge in [-0.2, -0.15) is 0 Å². The molecule has 0 aliphatic carbocycles. The molecule has 2 aromatic carbocycles. The molecule has 134 valence electrons. The first kappa shape index (κ1) is 18.9. The molecule has 0 aliphatic rings. The summed E-state index contributed by atoms with van der Waals surface area (Å²) in [6, 6.07) is 8.72. The van der Waals surface area contributed by atoms with E-state index in [0.717, 1.165) is 11.6 Å². The maximum absolute atomic E-state index is 13.0. The molecule has 2 rings (SSSR count). The Balaban J connectivity index is 2.00. The maximum atomic E-state index is 13.0. The Morgan fingerprint density at radius 3 is 2.52 bits per heavy atom. The highest BCUT2D eigenvalue weighted by atomic mass is 35.5. The second-order valence-electron chi connectivity index (χ2n) is 5.26. The summed E-state index contributed by atoms with van der Waals surface area (Å²) in [5, 5.41) is 2.91. The molecule has 0 spiro atoms. The zero-order valence-corrected chi connectivity index (χ0v) is 14.9. The Labute approximate surface area is 150 Å². The van der Waals surface area contributed by atoms with Crippen molar-refractivity contribution in [3.63, 3.8) is 0 Å². The van der Waals surface area contributed by atoms with Crippen LogP contribution in [-0.2, 0) is 4.79 Å². The van der Waals surface area contributed by atoms with Crippen LogP contribution in [0.15, 0.2) is 36.4 Å². The number of amides is 1. The number of hydrogen-bond acceptors (Lipinski definition) is 4. The van der Waals surface area contributed by atoms with Gasteiger partial charge in [-0.1, -0.05) is 11.6 Å². The summed E-state index contributed by atoms with van der Waals surface area (Å²) in [6.45, 7) is 1.57. The minimum absolute atomic E-state index is 0.107. The lowest BCUT2D eigenvalue weighted by Gasteiger charge is -2.18. The molecule has 0 aromatic heterocycles. The van der Waals surface area contributed by atoms with Crippen molar-refractivity contribution in [2.75, 3.05) is 20.8 Å². The standard InChI is InChI=1S/C18H19ClFNO4/c1-11(14-9-13(23-2)5-7-16(14)24-3)21-18(22)10-25-17-6-4-12(20)8-15(17)19/h4-9,11H,10H2,1-3H3,(H,21,22). The largest absolute Gasteiger partial charge is 0.497 e. The van der Waals surface area contributed by atoms with E-state index in [0.29, 0.717) is 11.5 Å². The fraction of sp³-hybridized carbons (Fsp3) is 0.278. The molecule has 25 heavy (non-hydrogen) atoms. The summed E-state index contributed by atoms with van der Waals surface area (Å²) >= 11 is 5.86. The fourth-order valence-corrected chi connectivity index (χ4v) is 2.50. The van der Waals surface area contributed by atoms with Crippen molar-refractivity contribution in [3.05, 3.63) is 52.8 Å². The highest BCUT2D eigenvalue weighted by molar-refractivity contribution is 6.32. The number of nitrogens with one attached hydrogen (secondary N) is 1. The van der Waals surface area contributed by atoms with Crippen molar-refractivity contribution in [2.45, 2.75) is 13.0 Å². The lowest BCUT2D eigenvalue weighted by Crippen LogP contribution is -2.31. The summed E-state index contributed by atoms with van der Waals surface area (Å²) < 4.78 is 28.8. The average Bonchev–Trinajstić information content (AvgIpc) is 2.60. The summed E-state index contributed by atoms with van der Waals surface area (Å²) in [7, 11) is 3.12. The van der Waals surface area contributed by atoms with Crippen LogP contribution >= 0.6 is 11.6 Å². The van der Waals surface area contributed by atoms with Gasteiger partial charge in [0.25, 0.3) is 5.91 Å². The third-order valence-electron chi connectivity index (χ3n) is 3.53. The SMILES string of the molecule is COc1ccc(OC)c(C(C)NC(=O)COc2ccc(F)cc2Cl)c1. The second kappa shape index (κ2) is 8.58. The van der Waals surface area contributed by atoms with Crippen molar-refractivity contribution in [2.24, 2.45) is 0 Å². The van der Waals surface area contributed by atoms with Crippen molar-refractivity contribution in [3.8, 4) is 17.2 Å². The van der Waals surface area contributed by atoms with E-state index >= 15 is 0 Å². The van der Waals surface area contributed by atoms with Gasteiger partial charge in [-0.25, -0.2) is 4.39 Å². The van der Waals surface area contributed by atoms with Crippen LogP contribution in [0, 0.1) is 5.82 Å². The number of carbonyl (C=O) groups excluding carboxylic acids is 1. The van der Waals surface area contributed by atoms with E-state index in [-0.39, 0.29) is 29.3 Å². The number of benzene rings is 2. The van der Waals surface area contributed by atoms with Gasteiger partial charge in [0.1, 0.15) is 23.1 Å². The minimum atomic E-state index is -0.472. The van der Waals surface area contributed by atoms with Crippen LogP contribution in [0.2, 0.25) is 5.02 Å². The van der Waals surface area contributed by atoms with Gasteiger partial charge in [-0.3, -0.25) is 4.79 Å². The summed E-state index contributed by atoms with van der Waals surface area (Å²) in [4.78, 5) is 12.1. The number of ether oxygens (including phenoxy) is 3. The van der Waals surface area contributed by atoms with Crippen molar-refractivity contribution in [1.29, 1.82) is 0 Å². The highest BCUT2D eigenvalue weighted by Gasteiger charge is 2.16. The van der Waals surface area contributed by atoms with Crippen LogP contribution in [-0.4, -0.2) is 26.7 Å². The molecule has 0 fully saturated rings. The van der Waals surface area contributed by atoms with Gasteiger partial charge in [-0.05, 0) is 43.3 Å². The fourth-order valence-electron chi connectivity index (χ4n) is 2.27. The molecular formula is C18H19ClFNO4. The van der Waals surface area contributed by atoms with Crippen LogP contribution < -0.4 is 19.5 Å². The Morgan fingerprint density at radius 1 is 1.16 bits per heavy atom. The van der Waals surface area contributed by atoms with E-state index in [4.69, 9.17) is 25.8 Å². The first-order valence-corrected chi connectivity index (χ1v) is 7.91. The molecule has 0 heterocycles. The van der Waals surface area contributed by atoms with Gasteiger partial charge in [0, 0.05) is 5.56 Å². The van der Waals surface area contributed by atoms with Crippen molar-refractivity contribution < 1.29 is 23.4 Å². The Kier molecular flexibility index (Phi) is 6.47. The van der Waals surface area contributed by atoms with Gasteiger partial charge in [-0.15, -0.1) is 0 Å². The number of carbonyl (C=O) groups is 1. The molecule has 0 aliphatic heterocycles. The summed E-state index contributed by atoms with van der Waals surface area (Å²) in [6.07, 6.45) is 0. The van der Waals surface area contributed by atoms with E-state index in [1.165, 1.54) is 12.1 Å². The molecule has 1 unspecified atom stereocenters. The molecule has 1 atom stereocenters. The first-order chi connectivity index (χ1) is 11.9. The second-order valence-corrected chi connectivity index (χ2v) is 5.67. The monoisotopic (exact) mass is 367 g/mol. The Bertz CT molecular complexity index is 754. The molecule has 2 aromatic rings. The molecule has 5 nitrogen and oxygen atoms in total. The van der Waals surface area contributed by atoms with Gasteiger partial charge in [0.2, 0.25) is 0 Å². The number of hydrogen-bond donors (Lipinski definition) is 1. The lowest BCUT2D eigenvalue weighted by atomic mass is 10.1. The van der Waals surface area contributed by atoms with Crippen molar-refractivity contribution >= 4 is 17.5 Å². The zero-order chi connectivity index (χ0) is 18.4. The van der Waals surface area contributed by atoms with Gasteiger partial charge in [0.15, 0.2) is 6.61 Å². The average molecular weight is 368 g/mol. The van der Waals surface area contributed by atoms with Crippen LogP contribution in [0.25, 0.3) is 0 Å². The first-order valence-electron chi connectivity index (χ1n) is 7.53. The number of rotatable bonds is 7. The molecule has 1 N–H and O–H groups in total. The zero-order valence-electron chi connectivity index (χ0n) is 14.1. The van der Waals surface area contributed by atoms with Crippen LogP contribution in [0.1, 0.15) is 18.5 Å². The Hall–Kier alpha value is -2.47. The molecule has 1 amide bonds. The van der Waals surface area contributed by atoms with E-state index in [9.17, 15) is 9.18 Å². The predicted molar refractivity (Wildman–Crippen MR) is 93.0 cm³/mol. The van der Waals surface area contributed by atoms with Crippen LogP contribution in [0.5, 0.6) is 17.2 Å². The molecular weight excluding hydrogens is 349 g/mol. The molecule has 0 saturated carbocycles. The van der Waals surface area contributed by atoms with Gasteiger partial charge in [0.05, 0.1) is 25.3 Å². The van der Waals surface area contributed by atoms with E-state index in [2.05, 4.69) is 5.32 Å². The van der Waals surface area contributed by atoms with Crippen LogP contribution in [0.4, 0.5) is 4.39 Å². The minimum Gasteiger partial charge on any atom is -0.497 e. The predicted octanol–water partition coefficient (Wildman–Crippen LogP) is 3.75. The molecule has 0 saturated heterocycles.